The van der Waals surface area contributed by atoms with Crippen LogP contribution in [0.25, 0.3) is 0 Å². The Morgan fingerprint density at radius 2 is 2.00 bits per heavy atom. The number of hydrogen-bond donors (Lipinski definition) is 1. The van der Waals surface area contributed by atoms with E-state index in [4.69, 9.17) is 4.74 Å². The van der Waals surface area contributed by atoms with Gasteiger partial charge in [-0.2, -0.15) is 0 Å². The number of carbonyl (C=O) groups excluding carboxylic acids is 1. The van der Waals surface area contributed by atoms with Crippen molar-refractivity contribution in [1.29, 1.82) is 0 Å². The number of ether oxygens (including phenoxy) is 1. The van der Waals surface area contributed by atoms with Crippen LogP contribution >= 0.6 is 11.8 Å². The Morgan fingerprint density at radius 1 is 1.19 bits per heavy atom. The molecular formula is C22H25N3O4S2. The molecule has 0 aromatic heterocycles. The standard InChI is InChI=1S/C22H25N3O4S2/c1-14-7-8-17(9-15(14)2)25(22-24-19-12-31(27,28)13-20(19)30-22)11-21(26)23-16-5-4-6-18(10-16)29-3/h4-10,19-20H,11-13H2,1-3H3,(H,23,26)/t19-,20-/m0/s1. The summed E-state index contributed by atoms with van der Waals surface area (Å²) in [5.41, 5.74) is 3.78. The Morgan fingerprint density at radius 3 is 2.71 bits per heavy atom. The van der Waals surface area contributed by atoms with E-state index in [-0.39, 0.29) is 35.2 Å². The number of anilines is 2. The summed E-state index contributed by atoms with van der Waals surface area (Å²) in [5, 5.41) is 3.51. The van der Waals surface area contributed by atoms with Crippen LogP contribution in [0.2, 0.25) is 0 Å². The van der Waals surface area contributed by atoms with Gasteiger partial charge >= 0.3 is 0 Å². The van der Waals surface area contributed by atoms with Gasteiger partial charge in [0.25, 0.3) is 0 Å². The highest BCUT2D eigenvalue weighted by Gasteiger charge is 2.44. The van der Waals surface area contributed by atoms with Crippen LogP contribution in [0.4, 0.5) is 11.4 Å². The maximum Gasteiger partial charge on any atom is 0.244 e. The van der Waals surface area contributed by atoms with Crippen molar-refractivity contribution in [3.8, 4) is 5.75 Å². The molecule has 4 rings (SSSR count). The van der Waals surface area contributed by atoms with Gasteiger partial charge in [0.2, 0.25) is 5.91 Å². The number of fused-ring (bicyclic) bond motifs is 1. The lowest BCUT2D eigenvalue weighted by Crippen LogP contribution is -2.36. The molecule has 2 aromatic rings. The van der Waals surface area contributed by atoms with Crippen LogP contribution in [-0.2, 0) is 14.6 Å². The zero-order valence-corrected chi connectivity index (χ0v) is 19.3. The van der Waals surface area contributed by atoms with Crippen molar-refractivity contribution in [3.05, 3.63) is 53.6 Å². The lowest BCUT2D eigenvalue weighted by atomic mass is 10.1. The van der Waals surface area contributed by atoms with Crippen molar-refractivity contribution < 1.29 is 17.9 Å². The number of aliphatic imine (C=N–C) groups is 1. The van der Waals surface area contributed by atoms with E-state index in [1.807, 2.05) is 49.1 Å². The molecule has 1 saturated heterocycles. The number of amidine groups is 1. The van der Waals surface area contributed by atoms with Crippen LogP contribution in [0, 0.1) is 13.8 Å². The molecule has 2 aliphatic rings. The van der Waals surface area contributed by atoms with Gasteiger partial charge < -0.3 is 15.0 Å². The molecule has 2 heterocycles. The number of carbonyl (C=O) groups is 1. The highest BCUT2D eigenvalue weighted by atomic mass is 32.2. The first-order valence-corrected chi connectivity index (χ1v) is 12.7. The molecule has 0 unspecified atom stereocenters. The van der Waals surface area contributed by atoms with Crippen LogP contribution < -0.4 is 15.0 Å². The first-order chi connectivity index (χ1) is 14.7. The molecule has 1 amide bonds. The minimum atomic E-state index is -3.04. The normalized spacial score (nSPS) is 21.3. The molecule has 2 aliphatic heterocycles. The van der Waals surface area contributed by atoms with Gasteiger partial charge in [-0.05, 0) is 49.2 Å². The maximum absolute atomic E-state index is 12.9. The lowest BCUT2D eigenvalue weighted by molar-refractivity contribution is -0.114. The summed E-state index contributed by atoms with van der Waals surface area (Å²) in [5.74, 6) is 0.671. The molecule has 31 heavy (non-hydrogen) atoms. The Kier molecular flexibility index (Phi) is 5.98. The molecule has 2 aromatic carbocycles. The Hall–Kier alpha value is -2.52. The van der Waals surface area contributed by atoms with Gasteiger partial charge in [0.15, 0.2) is 15.0 Å². The first-order valence-electron chi connectivity index (χ1n) is 9.98. The highest BCUT2D eigenvalue weighted by Crippen LogP contribution is 2.37. The lowest BCUT2D eigenvalue weighted by Gasteiger charge is -2.25. The molecule has 1 N–H and O–H groups in total. The third-order valence-corrected chi connectivity index (χ3v) is 8.74. The molecule has 0 saturated carbocycles. The fraction of sp³-hybridized carbons (Fsp3) is 0.364. The Bertz CT molecular complexity index is 1150. The summed E-state index contributed by atoms with van der Waals surface area (Å²) in [6.45, 7) is 4.13. The van der Waals surface area contributed by atoms with Gasteiger partial charge in [-0.25, -0.2) is 8.42 Å². The molecule has 0 aliphatic carbocycles. The van der Waals surface area contributed by atoms with Crippen molar-refractivity contribution in [1.82, 2.24) is 0 Å². The summed E-state index contributed by atoms with van der Waals surface area (Å²) in [7, 11) is -1.46. The van der Waals surface area contributed by atoms with Gasteiger partial charge in [0.05, 0.1) is 24.7 Å². The number of rotatable bonds is 5. The fourth-order valence-corrected chi connectivity index (χ4v) is 7.46. The van der Waals surface area contributed by atoms with E-state index in [1.165, 1.54) is 11.8 Å². The maximum atomic E-state index is 12.9. The van der Waals surface area contributed by atoms with E-state index in [1.54, 1.807) is 19.2 Å². The first kappa shape index (κ1) is 21.7. The Labute approximate surface area is 186 Å². The van der Waals surface area contributed by atoms with Crippen molar-refractivity contribution >= 4 is 44.0 Å². The average Bonchev–Trinajstić information content (AvgIpc) is 3.22. The van der Waals surface area contributed by atoms with Gasteiger partial charge in [0, 0.05) is 22.7 Å². The van der Waals surface area contributed by atoms with Gasteiger partial charge in [-0.1, -0.05) is 23.9 Å². The number of benzene rings is 2. The van der Waals surface area contributed by atoms with Gasteiger partial charge in [-0.15, -0.1) is 0 Å². The van der Waals surface area contributed by atoms with E-state index >= 15 is 0 Å². The van der Waals surface area contributed by atoms with E-state index in [2.05, 4.69) is 10.3 Å². The molecule has 164 valence electrons. The zero-order chi connectivity index (χ0) is 22.2. The second-order valence-electron chi connectivity index (χ2n) is 7.85. The molecular weight excluding hydrogens is 434 g/mol. The molecule has 9 heteroatoms. The van der Waals surface area contributed by atoms with E-state index in [0.29, 0.717) is 16.6 Å². The largest absolute Gasteiger partial charge is 0.497 e. The number of nitrogens with zero attached hydrogens (tertiary/aromatic N) is 2. The monoisotopic (exact) mass is 459 g/mol. The number of methoxy groups -OCH3 is 1. The molecule has 1 fully saturated rings. The molecule has 0 bridgehead atoms. The minimum Gasteiger partial charge on any atom is -0.497 e. The third-order valence-electron chi connectivity index (χ3n) is 5.49. The average molecular weight is 460 g/mol. The van der Waals surface area contributed by atoms with Crippen LogP contribution in [0.15, 0.2) is 47.5 Å². The number of amides is 1. The van der Waals surface area contributed by atoms with Gasteiger partial charge in [-0.3, -0.25) is 9.79 Å². The molecule has 7 nitrogen and oxygen atoms in total. The summed E-state index contributed by atoms with van der Waals surface area (Å²) in [6, 6.07) is 13.0. The van der Waals surface area contributed by atoms with Crippen molar-refractivity contribution in [2.24, 2.45) is 4.99 Å². The van der Waals surface area contributed by atoms with Crippen molar-refractivity contribution in [3.63, 3.8) is 0 Å². The smallest absolute Gasteiger partial charge is 0.244 e. The zero-order valence-electron chi connectivity index (χ0n) is 17.7. The predicted molar refractivity (Wildman–Crippen MR) is 126 cm³/mol. The number of sulfone groups is 1. The van der Waals surface area contributed by atoms with Crippen LogP contribution in [-0.4, -0.2) is 55.9 Å². The highest BCUT2D eigenvalue weighted by molar-refractivity contribution is 8.15. The quantitative estimate of drug-likeness (QED) is 0.740. The topological polar surface area (TPSA) is 88.1 Å². The van der Waals surface area contributed by atoms with Gasteiger partial charge in [0.1, 0.15) is 12.3 Å². The van der Waals surface area contributed by atoms with E-state index in [0.717, 1.165) is 16.8 Å². The third kappa shape index (κ3) is 4.88. The number of thioether (sulfide) groups is 1. The number of nitrogens with one attached hydrogen (secondary N) is 1. The second-order valence-corrected chi connectivity index (χ2v) is 11.2. The van der Waals surface area contributed by atoms with Crippen LogP contribution in [0.3, 0.4) is 0 Å². The minimum absolute atomic E-state index is 0.0672. The fourth-order valence-electron chi connectivity index (χ4n) is 3.68. The molecule has 0 spiro atoms. The van der Waals surface area contributed by atoms with E-state index in [9.17, 15) is 13.2 Å². The number of aryl methyl sites for hydroxylation is 2. The summed E-state index contributed by atoms with van der Waals surface area (Å²) >= 11 is 1.45. The molecule has 2 atom stereocenters. The second kappa shape index (κ2) is 8.55. The van der Waals surface area contributed by atoms with Crippen LogP contribution in [0.1, 0.15) is 11.1 Å². The Balaban J connectivity index is 1.58. The molecule has 0 radical (unpaired) electrons. The van der Waals surface area contributed by atoms with Crippen molar-refractivity contribution in [2.75, 3.05) is 35.4 Å². The summed E-state index contributed by atoms with van der Waals surface area (Å²) in [6.07, 6.45) is 0. The van der Waals surface area contributed by atoms with Crippen molar-refractivity contribution in [2.45, 2.75) is 25.1 Å². The summed E-state index contributed by atoms with van der Waals surface area (Å²) < 4.78 is 29.1. The number of hydrogen-bond acceptors (Lipinski definition) is 7. The van der Waals surface area contributed by atoms with Crippen LogP contribution in [0.5, 0.6) is 5.75 Å². The summed E-state index contributed by atoms with van der Waals surface area (Å²) in [4.78, 5) is 19.5. The SMILES string of the molecule is COc1cccc(NC(=O)CN(C2=N[C@H]3CS(=O)(=O)C[C@@H]3S2)c2ccc(C)c(C)c2)c1. The predicted octanol–water partition coefficient (Wildman–Crippen LogP) is 3.03. The van der Waals surface area contributed by atoms with E-state index < -0.39 is 9.84 Å².